The predicted octanol–water partition coefficient (Wildman–Crippen LogP) is 4.74. The molecule has 0 aliphatic heterocycles. The molecule has 1 aliphatic rings. The van der Waals surface area contributed by atoms with Crippen molar-refractivity contribution >= 4 is 40.7 Å². The Labute approximate surface area is 159 Å². The summed E-state index contributed by atoms with van der Waals surface area (Å²) < 4.78 is 0. The van der Waals surface area contributed by atoms with Crippen molar-refractivity contribution < 1.29 is 9.59 Å². The zero-order valence-corrected chi connectivity index (χ0v) is 16.0. The predicted molar refractivity (Wildman–Crippen MR) is 103 cm³/mol. The summed E-state index contributed by atoms with van der Waals surface area (Å²) in [4.78, 5) is 25.5. The second kappa shape index (κ2) is 9.83. The number of halogens is 2. The summed E-state index contributed by atoms with van der Waals surface area (Å²) in [5, 5.41) is 3.71. The summed E-state index contributed by atoms with van der Waals surface area (Å²) >= 11 is 12.3. The van der Waals surface area contributed by atoms with Gasteiger partial charge in [-0.2, -0.15) is 0 Å². The van der Waals surface area contributed by atoms with Gasteiger partial charge in [0.25, 0.3) is 0 Å². The molecule has 0 radical (unpaired) electrons. The van der Waals surface area contributed by atoms with E-state index >= 15 is 0 Å². The van der Waals surface area contributed by atoms with Gasteiger partial charge >= 0.3 is 0 Å². The first-order valence-corrected chi connectivity index (χ1v) is 9.41. The maximum absolute atomic E-state index is 12.1. The van der Waals surface area contributed by atoms with Crippen molar-refractivity contribution in [3.8, 4) is 0 Å². The van der Waals surface area contributed by atoms with E-state index in [1.54, 1.807) is 18.2 Å². The third-order valence-electron chi connectivity index (χ3n) is 4.30. The van der Waals surface area contributed by atoms with Crippen LogP contribution in [0.3, 0.4) is 0 Å². The first-order chi connectivity index (χ1) is 12.0. The Morgan fingerprint density at radius 3 is 2.52 bits per heavy atom. The van der Waals surface area contributed by atoms with Gasteiger partial charge in [-0.05, 0) is 44.2 Å². The lowest BCUT2D eigenvalue weighted by Crippen LogP contribution is -2.34. The van der Waals surface area contributed by atoms with Gasteiger partial charge < -0.3 is 10.2 Å². The molecule has 1 N–H and O–H groups in total. The van der Waals surface area contributed by atoms with Crippen LogP contribution in [0.15, 0.2) is 29.8 Å². The van der Waals surface area contributed by atoms with Crippen molar-refractivity contribution in [2.45, 2.75) is 45.4 Å². The average molecular weight is 383 g/mol. The Balaban J connectivity index is 1.85. The third-order valence-corrected chi connectivity index (χ3v) is 4.91. The Kier molecular flexibility index (Phi) is 7.79. The number of rotatable bonds is 7. The maximum atomic E-state index is 12.1. The van der Waals surface area contributed by atoms with E-state index in [2.05, 4.69) is 11.4 Å². The summed E-state index contributed by atoms with van der Waals surface area (Å²) in [7, 11) is 0. The van der Waals surface area contributed by atoms with Gasteiger partial charge in [0.2, 0.25) is 11.8 Å². The molecule has 0 saturated carbocycles. The van der Waals surface area contributed by atoms with Crippen LogP contribution in [0.2, 0.25) is 10.0 Å². The van der Waals surface area contributed by atoms with Crippen molar-refractivity contribution in [1.29, 1.82) is 0 Å². The zero-order chi connectivity index (χ0) is 18.2. The minimum absolute atomic E-state index is 0.0779. The van der Waals surface area contributed by atoms with Gasteiger partial charge in [-0.3, -0.25) is 9.59 Å². The molecule has 0 saturated heterocycles. The fourth-order valence-electron chi connectivity index (χ4n) is 2.97. The molecule has 1 aromatic carbocycles. The molecule has 2 rings (SSSR count). The van der Waals surface area contributed by atoms with Crippen LogP contribution in [-0.2, 0) is 9.59 Å². The van der Waals surface area contributed by atoms with Crippen LogP contribution in [0.4, 0.5) is 5.69 Å². The summed E-state index contributed by atoms with van der Waals surface area (Å²) in [5.41, 5.74) is 1.89. The van der Waals surface area contributed by atoms with E-state index in [1.807, 2.05) is 0 Å². The van der Waals surface area contributed by atoms with Crippen molar-refractivity contribution in [3.05, 3.63) is 39.9 Å². The number of hydrogen-bond acceptors (Lipinski definition) is 2. The van der Waals surface area contributed by atoms with Crippen LogP contribution in [-0.4, -0.2) is 24.9 Å². The van der Waals surface area contributed by atoms with Crippen LogP contribution >= 0.6 is 23.2 Å². The van der Waals surface area contributed by atoms with E-state index in [1.165, 1.54) is 30.2 Å². The smallest absolute Gasteiger partial charge is 0.223 e. The first-order valence-electron chi connectivity index (χ1n) is 8.65. The van der Waals surface area contributed by atoms with Gasteiger partial charge in [0.05, 0.1) is 15.7 Å². The fraction of sp³-hybridized carbons (Fsp3) is 0.474. The SMILES string of the molecule is CC(=O)N(CCC(=O)NCCC1=CCCCC1)c1c(Cl)cccc1Cl. The van der Waals surface area contributed by atoms with Gasteiger partial charge in [0.15, 0.2) is 0 Å². The summed E-state index contributed by atoms with van der Waals surface area (Å²) in [6.07, 6.45) is 8.19. The zero-order valence-electron chi connectivity index (χ0n) is 14.5. The minimum atomic E-state index is -0.199. The van der Waals surface area contributed by atoms with Gasteiger partial charge in [-0.25, -0.2) is 0 Å². The number of carbonyl (C=O) groups excluding carboxylic acids is 2. The number of para-hydroxylation sites is 1. The number of nitrogens with zero attached hydrogens (tertiary/aromatic N) is 1. The molecule has 0 bridgehead atoms. The molecule has 0 spiro atoms. The highest BCUT2D eigenvalue weighted by Crippen LogP contribution is 2.33. The van der Waals surface area contributed by atoms with Gasteiger partial charge in [0.1, 0.15) is 0 Å². The van der Waals surface area contributed by atoms with Gasteiger partial charge in [0, 0.05) is 26.4 Å². The summed E-state index contributed by atoms with van der Waals surface area (Å²) in [6, 6.07) is 5.08. The van der Waals surface area contributed by atoms with E-state index in [9.17, 15) is 9.59 Å². The minimum Gasteiger partial charge on any atom is -0.356 e. The highest BCUT2D eigenvalue weighted by molar-refractivity contribution is 6.39. The second-order valence-electron chi connectivity index (χ2n) is 6.20. The topological polar surface area (TPSA) is 49.4 Å². The lowest BCUT2D eigenvalue weighted by molar-refractivity contribution is -0.121. The summed E-state index contributed by atoms with van der Waals surface area (Å²) in [5.74, 6) is -0.277. The van der Waals surface area contributed by atoms with Gasteiger partial charge in [-0.1, -0.05) is 40.9 Å². The monoisotopic (exact) mass is 382 g/mol. The van der Waals surface area contributed by atoms with Crippen molar-refractivity contribution in [3.63, 3.8) is 0 Å². The van der Waals surface area contributed by atoms with E-state index in [0.717, 1.165) is 19.3 Å². The normalized spacial score (nSPS) is 14.0. The van der Waals surface area contributed by atoms with Crippen LogP contribution < -0.4 is 10.2 Å². The molecule has 4 nitrogen and oxygen atoms in total. The van der Waals surface area contributed by atoms with E-state index < -0.39 is 0 Å². The molecule has 0 heterocycles. The van der Waals surface area contributed by atoms with Crippen molar-refractivity contribution in [2.24, 2.45) is 0 Å². The molecule has 0 atom stereocenters. The quantitative estimate of drug-likeness (QED) is 0.692. The molecular weight excluding hydrogens is 359 g/mol. The number of anilines is 1. The maximum Gasteiger partial charge on any atom is 0.223 e. The number of benzene rings is 1. The molecule has 1 aromatic rings. The van der Waals surface area contributed by atoms with Crippen molar-refractivity contribution in [1.82, 2.24) is 5.32 Å². The van der Waals surface area contributed by atoms with E-state index in [4.69, 9.17) is 23.2 Å². The fourth-order valence-corrected chi connectivity index (χ4v) is 3.57. The number of allylic oxidation sites excluding steroid dienone is 1. The van der Waals surface area contributed by atoms with E-state index in [-0.39, 0.29) is 24.8 Å². The first kappa shape index (κ1) is 19.8. The Morgan fingerprint density at radius 2 is 1.92 bits per heavy atom. The number of carbonyl (C=O) groups is 2. The van der Waals surface area contributed by atoms with E-state index in [0.29, 0.717) is 22.3 Å². The number of hydrogen-bond donors (Lipinski definition) is 1. The molecular formula is C19H24Cl2N2O2. The highest BCUT2D eigenvalue weighted by Gasteiger charge is 2.19. The molecule has 25 heavy (non-hydrogen) atoms. The molecule has 0 aromatic heterocycles. The highest BCUT2D eigenvalue weighted by atomic mass is 35.5. The standard InChI is InChI=1S/C19H24Cl2N2O2/c1-14(24)23(19-16(20)8-5-9-17(19)21)13-11-18(25)22-12-10-15-6-3-2-4-7-15/h5-6,8-9H,2-4,7,10-13H2,1H3,(H,22,25). The lowest BCUT2D eigenvalue weighted by atomic mass is 9.97. The van der Waals surface area contributed by atoms with Gasteiger partial charge in [-0.15, -0.1) is 0 Å². The second-order valence-corrected chi connectivity index (χ2v) is 7.01. The molecule has 0 fully saturated rings. The molecule has 136 valence electrons. The largest absolute Gasteiger partial charge is 0.356 e. The van der Waals surface area contributed by atoms with Crippen LogP contribution in [0, 0.1) is 0 Å². The van der Waals surface area contributed by atoms with Crippen LogP contribution in [0.25, 0.3) is 0 Å². The molecule has 6 heteroatoms. The molecule has 2 amide bonds. The number of amides is 2. The molecule has 1 aliphatic carbocycles. The number of nitrogens with one attached hydrogen (secondary N) is 1. The van der Waals surface area contributed by atoms with Crippen LogP contribution in [0.1, 0.15) is 45.4 Å². The van der Waals surface area contributed by atoms with Crippen molar-refractivity contribution in [2.75, 3.05) is 18.0 Å². The Hall–Kier alpha value is -1.52. The van der Waals surface area contributed by atoms with Crippen LogP contribution in [0.5, 0.6) is 0 Å². The molecule has 0 unspecified atom stereocenters. The average Bonchev–Trinajstić information content (AvgIpc) is 2.58. The lowest BCUT2D eigenvalue weighted by Gasteiger charge is -2.23. The Morgan fingerprint density at radius 1 is 1.20 bits per heavy atom. The third kappa shape index (κ3) is 6.05. The summed E-state index contributed by atoms with van der Waals surface area (Å²) in [6.45, 7) is 2.32. The Bertz CT molecular complexity index is 639.